The van der Waals surface area contributed by atoms with E-state index in [0.717, 1.165) is 5.57 Å². The molecule has 8 nitrogen and oxygen atoms in total. The Balaban J connectivity index is 1.76. The van der Waals surface area contributed by atoms with Crippen LogP contribution in [0.5, 0.6) is 5.75 Å². The van der Waals surface area contributed by atoms with Crippen molar-refractivity contribution in [2.24, 2.45) is 0 Å². The number of ether oxygens (including phenoxy) is 1. The van der Waals surface area contributed by atoms with Gasteiger partial charge in [0, 0.05) is 47.8 Å². The Hall–Kier alpha value is -3.93. The third-order valence-electron chi connectivity index (χ3n) is 7.05. The molecule has 1 aliphatic heterocycles. The first-order valence-corrected chi connectivity index (χ1v) is 15.4. The maximum Gasteiger partial charge on any atom is 0.280 e. The molecule has 1 aromatic carbocycles. The number of rotatable bonds is 8. The average molecular weight is 640 g/mol. The number of alkyl halides is 2. The maximum atomic E-state index is 14.5. The molecule has 0 radical (unpaired) electrons. The molecule has 1 atom stereocenters. The number of thiazole rings is 1. The van der Waals surface area contributed by atoms with Crippen molar-refractivity contribution in [3.63, 3.8) is 0 Å². The van der Waals surface area contributed by atoms with E-state index in [9.17, 15) is 18.4 Å². The number of piperazine rings is 1. The highest BCUT2D eigenvalue weighted by Crippen LogP contribution is 2.33. The van der Waals surface area contributed by atoms with Gasteiger partial charge in [0.2, 0.25) is 0 Å². The number of pyridine rings is 2. The average Bonchev–Trinajstić information content (AvgIpc) is 3.48. The molecule has 5 rings (SSSR count). The van der Waals surface area contributed by atoms with Crippen LogP contribution >= 0.6 is 22.9 Å². The smallest absolute Gasteiger partial charge is 0.280 e. The monoisotopic (exact) mass is 639 g/mol. The van der Waals surface area contributed by atoms with Gasteiger partial charge in [-0.15, -0.1) is 11.3 Å². The minimum absolute atomic E-state index is 0.106. The highest BCUT2D eigenvalue weighted by molar-refractivity contribution is 7.13. The van der Waals surface area contributed by atoms with E-state index in [1.807, 2.05) is 33.8 Å². The maximum absolute atomic E-state index is 14.5. The second kappa shape index (κ2) is 13.4. The fourth-order valence-electron chi connectivity index (χ4n) is 5.06. The molecule has 0 saturated carbocycles. The Bertz CT molecular complexity index is 1770. The summed E-state index contributed by atoms with van der Waals surface area (Å²) < 4.78 is 33.5. The molecular weight excluding hydrogens is 608 g/mol. The van der Waals surface area contributed by atoms with Crippen LogP contribution in [0.1, 0.15) is 55.9 Å². The number of hydrogen-bond acceptors (Lipinski definition) is 7. The minimum atomic E-state index is -2.68. The number of allylic oxidation sites excluding steroid dienone is 1. The van der Waals surface area contributed by atoms with E-state index in [4.69, 9.17) is 16.3 Å². The number of aromatic nitrogens is 3. The standard InChI is InChI=1S/C32H32ClF2N5O3S/c1-5-43-28-9-7-21(33)13-27(28)40-26(12-18(2)3)22(31(41)39-11-10-36-19(4)16-39)14-23(32(40)42)30-38-25(17-44-30)20-6-8-24(29(34)35)37-15-20/h6-9,12-15,17,19,29,36H,5,10-11,16H2,1-4H3/t19-/m1/s1. The van der Waals surface area contributed by atoms with Gasteiger partial charge < -0.3 is 15.0 Å². The van der Waals surface area contributed by atoms with Crippen LogP contribution in [0, 0.1) is 0 Å². The van der Waals surface area contributed by atoms with Crippen molar-refractivity contribution in [1.29, 1.82) is 0 Å². The van der Waals surface area contributed by atoms with E-state index in [1.165, 1.54) is 34.2 Å². The summed E-state index contributed by atoms with van der Waals surface area (Å²) >= 11 is 7.66. The van der Waals surface area contributed by atoms with Gasteiger partial charge >= 0.3 is 0 Å². The molecule has 1 fully saturated rings. The van der Waals surface area contributed by atoms with Crippen LogP contribution in [0.2, 0.25) is 5.02 Å². The van der Waals surface area contributed by atoms with Gasteiger partial charge in [0.1, 0.15) is 16.5 Å². The van der Waals surface area contributed by atoms with Crippen LogP contribution in [0.3, 0.4) is 0 Å². The van der Waals surface area contributed by atoms with Gasteiger partial charge in [-0.05, 0) is 70.2 Å². The highest BCUT2D eigenvalue weighted by atomic mass is 35.5. The van der Waals surface area contributed by atoms with Crippen molar-refractivity contribution in [2.45, 2.75) is 40.2 Å². The Kier molecular flexibility index (Phi) is 9.57. The van der Waals surface area contributed by atoms with Crippen LogP contribution in [-0.2, 0) is 0 Å². The Morgan fingerprint density at radius 3 is 2.70 bits per heavy atom. The summed E-state index contributed by atoms with van der Waals surface area (Å²) in [4.78, 5) is 39.0. The molecule has 44 heavy (non-hydrogen) atoms. The van der Waals surface area contributed by atoms with Crippen LogP contribution in [0.25, 0.3) is 33.6 Å². The second-order valence-electron chi connectivity index (χ2n) is 10.7. The number of carbonyl (C=O) groups excluding carboxylic acids is 1. The molecule has 0 unspecified atom stereocenters. The van der Waals surface area contributed by atoms with Gasteiger partial charge in [-0.25, -0.2) is 13.8 Å². The van der Waals surface area contributed by atoms with E-state index >= 15 is 0 Å². The zero-order valence-electron chi connectivity index (χ0n) is 24.7. The molecule has 12 heteroatoms. The lowest BCUT2D eigenvalue weighted by Gasteiger charge is -2.32. The Morgan fingerprint density at radius 1 is 1.25 bits per heavy atom. The van der Waals surface area contributed by atoms with Crippen molar-refractivity contribution in [3.8, 4) is 33.3 Å². The van der Waals surface area contributed by atoms with Gasteiger partial charge in [-0.2, -0.15) is 0 Å². The number of carbonyl (C=O) groups is 1. The van der Waals surface area contributed by atoms with Crippen LogP contribution in [-0.4, -0.2) is 57.6 Å². The third kappa shape index (κ3) is 6.59. The van der Waals surface area contributed by atoms with E-state index in [0.29, 0.717) is 70.2 Å². The lowest BCUT2D eigenvalue weighted by molar-refractivity contribution is 0.0708. The SMILES string of the molecule is CCOc1ccc(Cl)cc1-n1c(C=C(C)C)c(C(=O)N2CCN[C@H](C)C2)cc(-c2nc(-c3ccc(C(F)F)nc3)cs2)c1=O. The fourth-order valence-corrected chi connectivity index (χ4v) is 6.06. The molecule has 230 valence electrons. The number of amides is 1. The summed E-state index contributed by atoms with van der Waals surface area (Å²) in [6.07, 6.45) is 0.456. The molecule has 3 aromatic heterocycles. The Morgan fingerprint density at radius 2 is 2.05 bits per heavy atom. The van der Waals surface area contributed by atoms with E-state index < -0.39 is 12.0 Å². The van der Waals surface area contributed by atoms with Gasteiger partial charge in [-0.1, -0.05) is 17.2 Å². The van der Waals surface area contributed by atoms with Crippen molar-refractivity contribution in [1.82, 2.24) is 24.8 Å². The largest absolute Gasteiger partial charge is 0.492 e. The van der Waals surface area contributed by atoms with Crippen LogP contribution in [0.15, 0.2) is 58.3 Å². The predicted molar refractivity (Wildman–Crippen MR) is 170 cm³/mol. The first-order valence-electron chi connectivity index (χ1n) is 14.2. The van der Waals surface area contributed by atoms with E-state index in [-0.39, 0.29) is 23.2 Å². The number of nitrogens with zero attached hydrogens (tertiary/aromatic N) is 4. The molecule has 1 aliphatic rings. The summed E-state index contributed by atoms with van der Waals surface area (Å²) in [5.74, 6) is 0.211. The van der Waals surface area contributed by atoms with Crippen molar-refractivity contribution in [2.75, 3.05) is 26.2 Å². The molecular formula is C32H32ClF2N5O3S. The normalized spacial score (nSPS) is 15.0. The molecule has 0 bridgehead atoms. The van der Waals surface area contributed by atoms with E-state index in [1.54, 1.807) is 34.5 Å². The highest BCUT2D eigenvalue weighted by Gasteiger charge is 2.28. The Labute approximate surface area is 263 Å². The second-order valence-corrected chi connectivity index (χ2v) is 12.0. The molecule has 1 amide bonds. The lowest BCUT2D eigenvalue weighted by atomic mass is 10.0. The van der Waals surface area contributed by atoms with Gasteiger partial charge in [0.05, 0.1) is 34.8 Å². The number of halogens is 3. The first-order chi connectivity index (χ1) is 21.1. The molecule has 1 saturated heterocycles. The molecule has 0 spiro atoms. The van der Waals surface area contributed by atoms with Gasteiger partial charge in [0.25, 0.3) is 17.9 Å². The van der Waals surface area contributed by atoms with Crippen LogP contribution in [0.4, 0.5) is 8.78 Å². The topological polar surface area (TPSA) is 89.3 Å². The molecule has 4 aromatic rings. The molecule has 4 heterocycles. The van der Waals surface area contributed by atoms with Crippen molar-refractivity contribution < 1.29 is 18.3 Å². The summed E-state index contributed by atoms with van der Waals surface area (Å²) in [5, 5.41) is 5.84. The zero-order valence-corrected chi connectivity index (χ0v) is 26.3. The summed E-state index contributed by atoms with van der Waals surface area (Å²) in [5.41, 5.74) is 2.46. The minimum Gasteiger partial charge on any atom is -0.492 e. The van der Waals surface area contributed by atoms with Gasteiger partial charge in [-0.3, -0.25) is 19.1 Å². The third-order valence-corrected chi connectivity index (χ3v) is 8.16. The molecule has 0 aliphatic carbocycles. The predicted octanol–water partition coefficient (Wildman–Crippen LogP) is 6.87. The van der Waals surface area contributed by atoms with Crippen molar-refractivity contribution in [3.05, 3.63) is 85.9 Å². The number of benzene rings is 1. The summed E-state index contributed by atoms with van der Waals surface area (Å²) in [6.45, 7) is 9.66. The fraction of sp³-hybridized carbons (Fsp3) is 0.312. The van der Waals surface area contributed by atoms with E-state index in [2.05, 4.69) is 15.3 Å². The quantitative estimate of drug-likeness (QED) is 0.226. The molecule has 1 N–H and O–H groups in total. The number of hydrogen-bond donors (Lipinski definition) is 1. The summed E-state index contributed by atoms with van der Waals surface area (Å²) in [6, 6.07) is 9.50. The number of nitrogens with one attached hydrogen (secondary N) is 1. The summed E-state index contributed by atoms with van der Waals surface area (Å²) in [7, 11) is 0. The van der Waals surface area contributed by atoms with Crippen LogP contribution < -0.4 is 15.6 Å². The van der Waals surface area contributed by atoms with Crippen molar-refractivity contribution >= 4 is 34.9 Å². The first kappa shape index (κ1) is 31.5. The van der Waals surface area contributed by atoms with Gasteiger partial charge in [0.15, 0.2) is 0 Å². The zero-order chi connectivity index (χ0) is 31.5. The lowest BCUT2D eigenvalue weighted by Crippen LogP contribution is -2.51.